The molecule has 0 amide bonds. The number of pyridine rings is 1. The standard InChI is InChI=1S/C12H16F3N3O2S/c1-21(19,20)17-10-3-2-6-18(8-10)11-5-4-9(7-16-11)12(13,14)15/h4-5,7,10,17H,2-3,6,8H2,1H3/t10-/m1/s1. The highest BCUT2D eigenvalue weighted by Gasteiger charge is 2.31. The van der Waals surface area contributed by atoms with Crippen molar-refractivity contribution in [2.24, 2.45) is 0 Å². The zero-order chi connectivity index (χ0) is 15.7. The molecule has 1 N–H and O–H groups in total. The number of hydrogen-bond donors (Lipinski definition) is 1. The van der Waals surface area contributed by atoms with Crippen LogP contribution in [0, 0.1) is 0 Å². The van der Waals surface area contributed by atoms with Crippen molar-refractivity contribution in [1.29, 1.82) is 0 Å². The first-order chi connectivity index (χ1) is 9.65. The summed E-state index contributed by atoms with van der Waals surface area (Å²) < 4.78 is 62.4. The third-order valence-corrected chi connectivity index (χ3v) is 3.96. The van der Waals surface area contributed by atoms with Crippen LogP contribution in [0.25, 0.3) is 0 Å². The second-order valence-corrected chi connectivity index (χ2v) is 6.86. The number of piperidine rings is 1. The molecule has 1 aliphatic heterocycles. The number of anilines is 1. The van der Waals surface area contributed by atoms with Crippen molar-refractivity contribution in [3.63, 3.8) is 0 Å². The van der Waals surface area contributed by atoms with Gasteiger partial charge in [-0.15, -0.1) is 0 Å². The number of sulfonamides is 1. The van der Waals surface area contributed by atoms with Crippen LogP contribution in [-0.4, -0.2) is 38.8 Å². The minimum Gasteiger partial charge on any atom is -0.355 e. The number of rotatable bonds is 3. The topological polar surface area (TPSA) is 62.3 Å². The fourth-order valence-corrected chi connectivity index (χ4v) is 3.12. The van der Waals surface area contributed by atoms with Crippen molar-refractivity contribution < 1.29 is 21.6 Å². The predicted octanol–water partition coefficient (Wildman–Crippen LogP) is 1.62. The predicted molar refractivity (Wildman–Crippen MR) is 72.5 cm³/mol. The maximum absolute atomic E-state index is 12.5. The summed E-state index contributed by atoms with van der Waals surface area (Å²) in [5.41, 5.74) is -0.797. The first-order valence-corrected chi connectivity index (χ1v) is 8.30. The largest absolute Gasteiger partial charge is 0.417 e. The molecule has 1 fully saturated rings. The van der Waals surface area contributed by atoms with E-state index in [4.69, 9.17) is 0 Å². The summed E-state index contributed by atoms with van der Waals surface area (Å²) in [6.07, 6.45) is -1.08. The van der Waals surface area contributed by atoms with Crippen LogP contribution in [0.2, 0.25) is 0 Å². The van der Waals surface area contributed by atoms with Crippen LogP contribution in [0.15, 0.2) is 18.3 Å². The molecule has 9 heteroatoms. The molecule has 1 aromatic rings. The Bertz CT molecular complexity index is 587. The van der Waals surface area contributed by atoms with Crippen LogP contribution in [0.4, 0.5) is 19.0 Å². The first-order valence-electron chi connectivity index (χ1n) is 6.41. The molecule has 0 radical (unpaired) electrons. The smallest absolute Gasteiger partial charge is 0.355 e. The lowest BCUT2D eigenvalue weighted by Gasteiger charge is -2.33. The van der Waals surface area contributed by atoms with Gasteiger partial charge in [-0.1, -0.05) is 0 Å². The Kier molecular flexibility index (Phi) is 4.43. The molecule has 1 atom stereocenters. The maximum Gasteiger partial charge on any atom is 0.417 e. The maximum atomic E-state index is 12.5. The van der Waals surface area contributed by atoms with Gasteiger partial charge < -0.3 is 4.90 Å². The quantitative estimate of drug-likeness (QED) is 0.918. The first kappa shape index (κ1) is 16.0. The van der Waals surface area contributed by atoms with Gasteiger partial charge in [-0.3, -0.25) is 0 Å². The van der Waals surface area contributed by atoms with E-state index >= 15 is 0 Å². The van der Waals surface area contributed by atoms with Gasteiger partial charge in [-0.2, -0.15) is 13.2 Å². The molecule has 0 aliphatic carbocycles. The van der Waals surface area contributed by atoms with Gasteiger partial charge in [0.05, 0.1) is 11.8 Å². The summed E-state index contributed by atoms with van der Waals surface area (Å²) in [5, 5.41) is 0. The summed E-state index contributed by atoms with van der Waals surface area (Å²) in [6.45, 7) is 1.03. The second-order valence-electron chi connectivity index (χ2n) is 5.08. The summed E-state index contributed by atoms with van der Waals surface area (Å²) in [4.78, 5) is 5.61. The van der Waals surface area contributed by atoms with E-state index < -0.39 is 21.8 Å². The lowest BCUT2D eigenvalue weighted by atomic mass is 10.1. The van der Waals surface area contributed by atoms with Gasteiger partial charge in [0.15, 0.2) is 0 Å². The molecule has 0 unspecified atom stereocenters. The zero-order valence-corrected chi connectivity index (χ0v) is 12.2. The van der Waals surface area contributed by atoms with Gasteiger partial charge in [-0.25, -0.2) is 18.1 Å². The van der Waals surface area contributed by atoms with Crippen LogP contribution in [-0.2, 0) is 16.2 Å². The summed E-state index contributed by atoms with van der Waals surface area (Å²) in [5.74, 6) is 0.419. The average molecular weight is 323 g/mol. The number of halogens is 3. The van der Waals surface area contributed by atoms with Crippen molar-refractivity contribution in [1.82, 2.24) is 9.71 Å². The van der Waals surface area contributed by atoms with Gasteiger partial charge in [0.2, 0.25) is 10.0 Å². The SMILES string of the molecule is CS(=O)(=O)N[C@@H]1CCCN(c2ccc(C(F)(F)F)cn2)C1. The molecule has 2 heterocycles. The molecule has 2 rings (SSSR count). The van der Waals surface area contributed by atoms with Crippen molar-refractivity contribution >= 4 is 15.8 Å². The minimum absolute atomic E-state index is 0.252. The lowest BCUT2D eigenvalue weighted by Crippen LogP contribution is -2.47. The third kappa shape index (κ3) is 4.57. The summed E-state index contributed by atoms with van der Waals surface area (Å²) >= 11 is 0. The molecule has 1 aliphatic rings. The van der Waals surface area contributed by atoms with Gasteiger partial charge in [0, 0.05) is 25.3 Å². The monoisotopic (exact) mass is 323 g/mol. The molecule has 1 aromatic heterocycles. The normalized spacial score (nSPS) is 20.6. The van der Waals surface area contributed by atoms with Crippen LogP contribution in [0.1, 0.15) is 18.4 Å². The molecule has 21 heavy (non-hydrogen) atoms. The number of hydrogen-bond acceptors (Lipinski definition) is 4. The van der Waals surface area contributed by atoms with E-state index in [9.17, 15) is 21.6 Å². The Morgan fingerprint density at radius 2 is 2.10 bits per heavy atom. The molecule has 5 nitrogen and oxygen atoms in total. The van der Waals surface area contributed by atoms with Gasteiger partial charge in [-0.05, 0) is 25.0 Å². The number of aromatic nitrogens is 1. The van der Waals surface area contributed by atoms with Gasteiger partial charge in [0.1, 0.15) is 5.82 Å². The molecule has 1 saturated heterocycles. The highest BCUT2D eigenvalue weighted by molar-refractivity contribution is 7.88. The zero-order valence-electron chi connectivity index (χ0n) is 11.4. The Balaban J connectivity index is 2.08. The molecule has 0 bridgehead atoms. The molecular formula is C12H16F3N3O2S. The van der Waals surface area contributed by atoms with E-state index in [-0.39, 0.29) is 6.04 Å². The Morgan fingerprint density at radius 3 is 2.62 bits per heavy atom. The molecule has 118 valence electrons. The Labute approximate surface area is 121 Å². The molecule has 0 aromatic carbocycles. The van der Waals surface area contributed by atoms with E-state index in [0.717, 1.165) is 24.9 Å². The fourth-order valence-electron chi connectivity index (χ4n) is 2.32. The Morgan fingerprint density at radius 1 is 1.38 bits per heavy atom. The summed E-state index contributed by atoms with van der Waals surface area (Å²) in [6, 6.07) is 2.04. The van der Waals surface area contributed by atoms with Crippen LogP contribution < -0.4 is 9.62 Å². The summed E-state index contributed by atoms with van der Waals surface area (Å²) in [7, 11) is -3.30. The van der Waals surface area contributed by atoms with Crippen molar-refractivity contribution in [3.05, 3.63) is 23.9 Å². The van der Waals surface area contributed by atoms with E-state index in [0.29, 0.717) is 25.3 Å². The van der Waals surface area contributed by atoms with Crippen LogP contribution in [0.5, 0.6) is 0 Å². The minimum atomic E-state index is -4.41. The average Bonchev–Trinajstić information content (AvgIpc) is 2.36. The van der Waals surface area contributed by atoms with Crippen molar-refractivity contribution in [3.8, 4) is 0 Å². The van der Waals surface area contributed by atoms with E-state index in [1.165, 1.54) is 6.07 Å². The highest BCUT2D eigenvalue weighted by Crippen LogP contribution is 2.29. The van der Waals surface area contributed by atoms with Gasteiger partial charge >= 0.3 is 6.18 Å². The van der Waals surface area contributed by atoms with Gasteiger partial charge in [0.25, 0.3) is 0 Å². The molecular weight excluding hydrogens is 307 g/mol. The number of alkyl halides is 3. The van der Waals surface area contributed by atoms with E-state index in [1.807, 2.05) is 0 Å². The molecule has 0 saturated carbocycles. The van der Waals surface area contributed by atoms with E-state index in [1.54, 1.807) is 4.90 Å². The molecule has 0 spiro atoms. The Hall–Kier alpha value is -1.35. The van der Waals surface area contributed by atoms with Crippen molar-refractivity contribution in [2.75, 3.05) is 24.2 Å². The van der Waals surface area contributed by atoms with Crippen LogP contribution >= 0.6 is 0 Å². The third-order valence-electron chi connectivity index (χ3n) is 3.20. The fraction of sp³-hybridized carbons (Fsp3) is 0.583. The highest BCUT2D eigenvalue weighted by atomic mass is 32.2. The van der Waals surface area contributed by atoms with Crippen molar-refractivity contribution in [2.45, 2.75) is 25.1 Å². The second kappa shape index (κ2) is 5.80. The lowest BCUT2D eigenvalue weighted by molar-refractivity contribution is -0.137. The van der Waals surface area contributed by atoms with Crippen LogP contribution in [0.3, 0.4) is 0 Å². The number of nitrogens with one attached hydrogen (secondary N) is 1. The number of nitrogens with zero attached hydrogens (tertiary/aromatic N) is 2. The van der Waals surface area contributed by atoms with E-state index in [2.05, 4.69) is 9.71 Å².